The first-order chi connectivity index (χ1) is 7.98. The van der Waals surface area contributed by atoms with Crippen LogP contribution >= 0.6 is 22.6 Å². The topological polar surface area (TPSA) is 46.2 Å². The van der Waals surface area contributed by atoms with Crippen LogP contribution in [0.2, 0.25) is 0 Å². The van der Waals surface area contributed by atoms with Crippen LogP contribution in [-0.4, -0.2) is 26.0 Å². The van der Waals surface area contributed by atoms with Gasteiger partial charge in [-0.05, 0) is 54.0 Å². The average Bonchev–Trinajstić information content (AvgIpc) is 2.69. The second-order valence-corrected chi connectivity index (χ2v) is 7.96. The maximum atomic E-state index is 11.7. The van der Waals surface area contributed by atoms with Gasteiger partial charge in [0.25, 0.3) is 0 Å². The van der Waals surface area contributed by atoms with E-state index in [1.54, 1.807) is 0 Å². The van der Waals surface area contributed by atoms with Gasteiger partial charge in [-0.3, -0.25) is 0 Å². The molecule has 1 saturated carbocycles. The molecule has 3 nitrogen and oxygen atoms in total. The third-order valence-corrected chi connectivity index (χ3v) is 5.82. The van der Waals surface area contributed by atoms with Gasteiger partial charge in [0.05, 0.1) is 5.25 Å². The fourth-order valence-electron chi connectivity index (χ4n) is 2.38. The van der Waals surface area contributed by atoms with Gasteiger partial charge < -0.3 is 5.32 Å². The summed E-state index contributed by atoms with van der Waals surface area (Å²) in [6.45, 7) is 0. The number of hydrogen-bond donors (Lipinski definition) is 1. The Balaban J connectivity index is 2.17. The van der Waals surface area contributed by atoms with Crippen LogP contribution in [0.1, 0.15) is 19.3 Å². The lowest BCUT2D eigenvalue weighted by Crippen LogP contribution is -2.34. The summed E-state index contributed by atoms with van der Waals surface area (Å²) >= 11 is 2.26. The Hall–Kier alpha value is -0.300. The first kappa shape index (κ1) is 13.1. The van der Waals surface area contributed by atoms with Crippen molar-refractivity contribution < 1.29 is 8.42 Å². The predicted molar refractivity (Wildman–Crippen MR) is 79.1 cm³/mol. The molecule has 17 heavy (non-hydrogen) atoms. The quantitative estimate of drug-likeness (QED) is 0.838. The van der Waals surface area contributed by atoms with Crippen LogP contribution < -0.4 is 5.32 Å². The minimum absolute atomic E-state index is 0.0564. The molecule has 94 valence electrons. The largest absolute Gasteiger partial charge is 0.380 e. The Labute approximate surface area is 116 Å². The molecule has 0 amide bonds. The van der Waals surface area contributed by atoms with Gasteiger partial charge in [-0.15, -0.1) is 0 Å². The Morgan fingerprint density at radius 2 is 2.00 bits per heavy atom. The van der Waals surface area contributed by atoms with Gasteiger partial charge >= 0.3 is 0 Å². The summed E-state index contributed by atoms with van der Waals surface area (Å²) in [6, 6.07) is 8.03. The summed E-state index contributed by atoms with van der Waals surface area (Å²) in [7, 11) is -2.95. The molecule has 1 aliphatic carbocycles. The van der Waals surface area contributed by atoms with Gasteiger partial charge in [0.15, 0.2) is 9.84 Å². The zero-order chi connectivity index (χ0) is 12.5. The predicted octanol–water partition coefficient (Wildman–Crippen LogP) is 2.67. The van der Waals surface area contributed by atoms with Crippen molar-refractivity contribution in [1.29, 1.82) is 0 Å². The van der Waals surface area contributed by atoms with E-state index in [2.05, 4.69) is 27.9 Å². The van der Waals surface area contributed by atoms with Crippen molar-refractivity contribution >= 4 is 38.1 Å². The van der Waals surface area contributed by atoms with Crippen LogP contribution in [0.3, 0.4) is 0 Å². The molecule has 2 unspecified atom stereocenters. The lowest BCUT2D eigenvalue weighted by molar-refractivity contribution is 0.579. The smallest absolute Gasteiger partial charge is 0.152 e. The average molecular weight is 365 g/mol. The monoisotopic (exact) mass is 365 g/mol. The van der Waals surface area contributed by atoms with Crippen molar-refractivity contribution in [1.82, 2.24) is 0 Å². The molecule has 0 heterocycles. The van der Waals surface area contributed by atoms with Crippen molar-refractivity contribution in [3.05, 3.63) is 27.8 Å². The van der Waals surface area contributed by atoms with E-state index in [0.717, 1.165) is 28.5 Å². The molecule has 0 radical (unpaired) electrons. The first-order valence-corrected chi connectivity index (χ1v) is 8.72. The minimum atomic E-state index is -2.95. The maximum Gasteiger partial charge on any atom is 0.152 e. The Morgan fingerprint density at radius 3 is 2.65 bits per heavy atom. The second kappa shape index (κ2) is 5.14. The summed E-state index contributed by atoms with van der Waals surface area (Å²) in [4.78, 5) is 0. The van der Waals surface area contributed by atoms with E-state index in [9.17, 15) is 8.42 Å². The van der Waals surface area contributed by atoms with Gasteiger partial charge in [0.1, 0.15) is 0 Å². The molecular formula is C12H16INO2S. The van der Waals surface area contributed by atoms with E-state index in [0.29, 0.717) is 0 Å². The highest BCUT2D eigenvalue weighted by Gasteiger charge is 2.34. The highest BCUT2D eigenvalue weighted by atomic mass is 127. The van der Waals surface area contributed by atoms with Crippen LogP contribution in [0.25, 0.3) is 0 Å². The van der Waals surface area contributed by atoms with Gasteiger partial charge in [-0.2, -0.15) is 0 Å². The molecule has 1 aromatic rings. The lowest BCUT2D eigenvalue weighted by atomic mass is 10.2. The Bertz CT molecular complexity index is 501. The molecule has 0 aromatic heterocycles. The van der Waals surface area contributed by atoms with Gasteiger partial charge in [0.2, 0.25) is 0 Å². The Kier molecular flexibility index (Phi) is 3.97. The molecule has 2 atom stereocenters. The van der Waals surface area contributed by atoms with Crippen molar-refractivity contribution in [2.24, 2.45) is 0 Å². The number of nitrogens with one attached hydrogen (secondary N) is 1. The van der Waals surface area contributed by atoms with Gasteiger partial charge in [0, 0.05) is 21.6 Å². The van der Waals surface area contributed by atoms with Crippen molar-refractivity contribution in [3.8, 4) is 0 Å². The highest BCUT2D eigenvalue weighted by molar-refractivity contribution is 14.1. The summed E-state index contributed by atoms with van der Waals surface area (Å²) < 4.78 is 24.5. The van der Waals surface area contributed by atoms with E-state index in [-0.39, 0.29) is 11.3 Å². The molecule has 2 rings (SSSR count). The number of hydrogen-bond acceptors (Lipinski definition) is 3. The summed E-state index contributed by atoms with van der Waals surface area (Å²) in [6.07, 6.45) is 4.04. The molecule has 0 spiro atoms. The third-order valence-electron chi connectivity index (χ3n) is 3.22. The van der Waals surface area contributed by atoms with Crippen molar-refractivity contribution in [2.75, 3.05) is 11.6 Å². The molecule has 0 aliphatic heterocycles. The molecule has 1 N–H and O–H groups in total. The fraction of sp³-hybridized carbons (Fsp3) is 0.500. The van der Waals surface area contributed by atoms with Crippen LogP contribution in [0.15, 0.2) is 24.3 Å². The third kappa shape index (κ3) is 3.13. The number of halogens is 1. The van der Waals surface area contributed by atoms with Crippen LogP contribution in [0.4, 0.5) is 5.69 Å². The maximum absolute atomic E-state index is 11.7. The van der Waals surface area contributed by atoms with Gasteiger partial charge in [-0.1, -0.05) is 12.1 Å². The molecule has 5 heteroatoms. The molecular weight excluding hydrogens is 349 g/mol. The zero-order valence-corrected chi connectivity index (χ0v) is 12.7. The fourth-order valence-corrected chi connectivity index (χ4v) is 4.32. The van der Waals surface area contributed by atoms with Crippen LogP contribution in [-0.2, 0) is 9.84 Å². The SMILES string of the molecule is CS(=O)(=O)C1CCCC1Nc1ccccc1I. The summed E-state index contributed by atoms with van der Waals surface area (Å²) in [5.74, 6) is 0. The number of sulfone groups is 1. The van der Waals surface area contributed by atoms with Crippen LogP contribution in [0.5, 0.6) is 0 Å². The van der Waals surface area contributed by atoms with Gasteiger partial charge in [-0.25, -0.2) is 8.42 Å². The standard InChI is InChI=1S/C12H16INO2S/c1-17(15,16)12-8-4-7-11(12)14-10-6-3-2-5-9(10)13/h2-3,5-6,11-12,14H,4,7-8H2,1H3. The minimum Gasteiger partial charge on any atom is -0.380 e. The van der Waals surface area contributed by atoms with E-state index in [1.165, 1.54) is 6.26 Å². The molecule has 1 fully saturated rings. The zero-order valence-electron chi connectivity index (χ0n) is 9.69. The van der Waals surface area contributed by atoms with E-state index >= 15 is 0 Å². The normalized spacial score (nSPS) is 24.8. The van der Waals surface area contributed by atoms with Crippen LogP contribution in [0, 0.1) is 3.57 Å². The number of rotatable bonds is 3. The lowest BCUT2D eigenvalue weighted by Gasteiger charge is -2.21. The number of benzene rings is 1. The van der Waals surface area contributed by atoms with E-state index in [4.69, 9.17) is 0 Å². The molecule has 1 aromatic carbocycles. The molecule has 0 bridgehead atoms. The van der Waals surface area contributed by atoms with Crippen molar-refractivity contribution in [2.45, 2.75) is 30.6 Å². The second-order valence-electron chi connectivity index (χ2n) is 4.53. The summed E-state index contributed by atoms with van der Waals surface area (Å²) in [5, 5.41) is 3.14. The summed E-state index contributed by atoms with van der Waals surface area (Å²) in [5.41, 5.74) is 1.04. The molecule has 0 saturated heterocycles. The Morgan fingerprint density at radius 1 is 1.29 bits per heavy atom. The van der Waals surface area contributed by atoms with E-state index in [1.807, 2.05) is 24.3 Å². The van der Waals surface area contributed by atoms with E-state index < -0.39 is 9.84 Å². The number of anilines is 1. The van der Waals surface area contributed by atoms with Crippen molar-refractivity contribution in [3.63, 3.8) is 0 Å². The number of para-hydroxylation sites is 1. The first-order valence-electron chi connectivity index (χ1n) is 5.68. The molecule has 1 aliphatic rings. The highest BCUT2D eigenvalue weighted by Crippen LogP contribution is 2.29.